The molecule has 0 aromatic carbocycles. The largest absolute Gasteiger partial charge is 0.394 e. The van der Waals surface area contributed by atoms with E-state index in [9.17, 15) is 15.0 Å². The molecule has 4 nitrogen and oxygen atoms in total. The van der Waals surface area contributed by atoms with Crippen LogP contribution in [-0.4, -0.2) is 34.9 Å². The van der Waals surface area contributed by atoms with Crippen LogP contribution in [0.4, 0.5) is 0 Å². The molecule has 0 fully saturated rings. The first-order valence-corrected chi connectivity index (χ1v) is 34.6. The third-order valence-corrected chi connectivity index (χ3v) is 15.5. The van der Waals surface area contributed by atoms with Gasteiger partial charge in [-0.25, -0.2) is 0 Å². The van der Waals surface area contributed by atoms with Crippen molar-refractivity contribution < 1.29 is 15.0 Å². The van der Waals surface area contributed by atoms with Crippen molar-refractivity contribution in [3.8, 4) is 0 Å². The highest BCUT2D eigenvalue weighted by molar-refractivity contribution is 5.76. The number of amides is 1. The molecule has 0 aromatic heterocycles. The Labute approximate surface area is 493 Å². The van der Waals surface area contributed by atoms with Gasteiger partial charge in [-0.2, -0.15) is 0 Å². The van der Waals surface area contributed by atoms with Crippen LogP contribution in [-0.2, 0) is 4.79 Å². The van der Waals surface area contributed by atoms with E-state index in [1.807, 2.05) is 6.08 Å². The van der Waals surface area contributed by atoms with Crippen LogP contribution >= 0.6 is 0 Å². The zero-order valence-corrected chi connectivity index (χ0v) is 52.6. The fraction of sp³-hybridized carbons (Fsp3) is 0.747. The highest BCUT2D eigenvalue weighted by Gasteiger charge is 2.18. The summed E-state index contributed by atoms with van der Waals surface area (Å²) in [6.07, 6.45) is 105. The number of aliphatic hydroxyl groups excluding tert-OH is 2. The predicted octanol–water partition coefficient (Wildman–Crippen LogP) is 23.8. The summed E-state index contributed by atoms with van der Waals surface area (Å²) in [5.74, 6) is -0.0752. The van der Waals surface area contributed by atoms with E-state index in [0.717, 1.165) is 77.0 Å². The van der Waals surface area contributed by atoms with Gasteiger partial charge in [-0.3, -0.25) is 4.79 Å². The number of carbonyl (C=O) groups excluding carboxylic acids is 1. The summed E-state index contributed by atoms with van der Waals surface area (Å²) in [6, 6.07) is -0.648. The van der Waals surface area contributed by atoms with Gasteiger partial charge in [-0.15, -0.1) is 0 Å². The molecule has 3 N–H and O–H groups in total. The van der Waals surface area contributed by atoms with E-state index in [-0.39, 0.29) is 12.5 Å². The Morgan fingerprint density at radius 3 is 0.886 bits per heavy atom. The number of allylic oxidation sites excluding steroid dienone is 17. The summed E-state index contributed by atoms with van der Waals surface area (Å²) in [5.41, 5.74) is 0. The van der Waals surface area contributed by atoms with Crippen molar-refractivity contribution in [2.75, 3.05) is 6.61 Å². The van der Waals surface area contributed by atoms with Crippen LogP contribution in [0.1, 0.15) is 341 Å². The second kappa shape index (κ2) is 69.3. The number of rotatable bonds is 63. The van der Waals surface area contributed by atoms with Crippen LogP contribution < -0.4 is 5.32 Å². The lowest BCUT2D eigenvalue weighted by molar-refractivity contribution is -0.123. The van der Waals surface area contributed by atoms with Crippen LogP contribution in [0.2, 0.25) is 0 Å². The molecule has 0 saturated heterocycles. The second-order valence-corrected chi connectivity index (χ2v) is 23.2. The van der Waals surface area contributed by atoms with Crippen LogP contribution in [0.5, 0.6) is 0 Å². The third kappa shape index (κ3) is 65.7. The smallest absolute Gasteiger partial charge is 0.220 e. The maximum Gasteiger partial charge on any atom is 0.220 e. The summed E-state index contributed by atoms with van der Waals surface area (Å²) < 4.78 is 0. The molecule has 4 heteroatoms. The van der Waals surface area contributed by atoms with Crippen molar-refractivity contribution in [3.05, 3.63) is 109 Å². The van der Waals surface area contributed by atoms with Gasteiger partial charge in [0.25, 0.3) is 0 Å². The molecule has 0 aromatic rings. The molecule has 0 radical (unpaired) electrons. The van der Waals surface area contributed by atoms with Crippen molar-refractivity contribution in [1.82, 2.24) is 5.32 Å². The van der Waals surface area contributed by atoms with Crippen molar-refractivity contribution in [2.24, 2.45) is 0 Å². The monoisotopic (exact) mass is 1100 g/mol. The normalized spacial score (nSPS) is 13.4. The maximum atomic E-state index is 12.5. The molecule has 0 heterocycles. The average molecular weight is 1100 g/mol. The summed E-state index contributed by atoms with van der Waals surface area (Å²) >= 11 is 0. The minimum absolute atomic E-state index is 0.0752. The average Bonchev–Trinajstić information content (AvgIpc) is 3.45. The Morgan fingerprint density at radius 1 is 0.316 bits per heavy atom. The van der Waals surface area contributed by atoms with Gasteiger partial charge in [-0.05, 0) is 89.9 Å². The predicted molar refractivity (Wildman–Crippen MR) is 354 cm³/mol. The summed E-state index contributed by atoms with van der Waals surface area (Å²) in [6.45, 7) is 4.21. The van der Waals surface area contributed by atoms with E-state index in [0.29, 0.717) is 6.42 Å². The van der Waals surface area contributed by atoms with Gasteiger partial charge in [0.1, 0.15) is 0 Å². The molecular weight excluding hydrogens is 963 g/mol. The van der Waals surface area contributed by atoms with E-state index in [4.69, 9.17) is 0 Å². The Kier molecular flexibility index (Phi) is 66.7. The zero-order valence-electron chi connectivity index (χ0n) is 52.6. The molecule has 79 heavy (non-hydrogen) atoms. The first kappa shape index (κ1) is 76.0. The van der Waals surface area contributed by atoms with Gasteiger partial charge in [-0.1, -0.05) is 354 Å². The highest BCUT2D eigenvalue weighted by atomic mass is 16.3. The standard InChI is InChI=1S/C75H133NO3/c1-3-5-7-9-11-13-15-17-19-21-23-25-27-29-31-33-35-37-38-39-41-43-45-47-49-51-53-55-57-59-61-63-65-67-69-71-75(79)76-73(72-77)74(78)70-68-66-64-62-60-58-56-54-52-50-48-46-44-42-40-36-34-32-30-28-26-24-22-20-18-16-14-12-10-8-6-4-2/h5,7,11,13,17,19,23,25,29,31,35,37,39,41,60,62,68,70,73-74,77-78H,3-4,6,8-10,12,14-16,18,20-22,24,26-28,30,32-34,36,38,40,42-59,61,63-67,69,71-72H2,1-2H3,(H,76,79)/b7-5-,13-11-,19-17-,25-23-,31-29-,37-35-,41-39-,62-60+,70-68+. The number of unbranched alkanes of at least 4 members (excludes halogenated alkanes) is 40. The molecule has 0 aliphatic rings. The molecule has 1 amide bonds. The second-order valence-electron chi connectivity index (χ2n) is 23.2. The van der Waals surface area contributed by atoms with Gasteiger partial charge >= 0.3 is 0 Å². The van der Waals surface area contributed by atoms with Crippen molar-refractivity contribution >= 4 is 5.91 Å². The fourth-order valence-corrected chi connectivity index (χ4v) is 10.3. The van der Waals surface area contributed by atoms with Crippen LogP contribution in [0, 0.1) is 0 Å². The Morgan fingerprint density at radius 2 is 0.570 bits per heavy atom. The lowest BCUT2D eigenvalue weighted by Gasteiger charge is -2.19. The molecule has 0 aliphatic heterocycles. The molecule has 0 bridgehead atoms. The van der Waals surface area contributed by atoms with Crippen LogP contribution in [0.25, 0.3) is 0 Å². The fourth-order valence-electron chi connectivity index (χ4n) is 10.3. The van der Waals surface area contributed by atoms with Crippen LogP contribution in [0.3, 0.4) is 0 Å². The zero-order chi connectivity index (χ0) is 56.9. The lowest BCUT2D eigenvalue weighted by atomic mass is 10.0. The lowest BCUT2D eigenvalue weighted by Crippen LogP contribution is -2.45. The first-order valence-electron chi connectivity index (χ1n) is 34.6. The van der Waals surface area contributed by atoms with E-state index < -0.39 is 12.1 Å². The third-order valence-electron chi connectivity index (χ3n) is 15.5. The van der Waals surface area contributed by atoms with E-state index in [1.54, 1.807) is 6.08 Å². The minimum Gasteiger partial charge on any atom is -0.394 e. The molecule has 0 rings (SSSR count). The summed E-state index contributed by atoms with van der Waals surface area (Å²) in [7, 11) is 0. The van der Waals surface area contributed by atoms with Gasteiger partial charge in [0, 0.05) is 6.42 Å². The van der Waals surface area contributed by atoms with Crippen LogP contribution in [0.15, 0.2) is 109 Å². The summed E-state index contributed by atoms with van der Waals surface area (Å²) in [5, 5.41) is 23.3. The van der Waals surface area contributed by atoms with Crippen molar-refractivity contribution in [3.63, 3.8) is 0 Å². The van der Waals surface area contributed by atoms with Crippen molar-refractivity contribution in [2.45, 2.75) is 353 Å². The molecule has 456 valence electrons. The van der Waals surface area contributed by atoms with Gasteiger partial charge in [0.15, 0.2) is 0 Å². The van der Waals surface area contributed by atoms with E-state index in [2.05, 4.69) is 116 Å². The van der Waals surface area contributed by atoms with Gasteiger partial charge in [0.05, 0.1) is 18.8 Å². The minimum atomic E-state index is -0.871. The first-order chi connectivity index (χ1) is 39.2. The summed E-state index contributed by atoms with van der Waals surface area (Å²) in [4.78, 5) is 12.5. The number of hydrogen-bond donors (Lipinski definition) is 3. The van der Waals surface area contributed by atoms with Gasteiger partial charge < -0.3 is 15.5 Å². The molecule has 0 spiro atoms. The quantitative estimate of drug-likeness (QED) is 0.0420. The maximum absolute atomic E-state index is 12.5. The molecule has 0 aliphatic carbocycles. The topological polar surface area (TPSA) is 69.6 Å². The van der Waals surface area contributed by atoms with Crippen molar-refractivity contribution in [1.29, 1.82) is 0 Å². The van der Waals surface area contributed by atoms with E-state index in [1.165, 1.54) is 244 Å². The Bertz CT molecular complexity index is 1480. The SMILES string of the molecule is CC/C=C\C/C=C\C/C=C\C/C=C\C/C=C\C/C=C\C/C=C\CCCCCCCCCCCCCCCC(=O)NC(CO)C(O)/C=C/CC/C=C/CCCCCCCCCCCCCCCCCCCCCCCCCCCC. The highest BCUT2D eigenvalue weighted by Crippen LogP contribution is 2.18. The number of hydrogen-bond acceptors (Lipinski definition) is 3. The molecule has 2 unspecified atom stereocenters. The number of carbonyl (C=O) groups is 1. The number of aliphatic hydroxyl groups is 2. The van der Waals surface area contributed by atoms with Gasteiger partial charge in [0.2, 0.25) is 5.91 Å². The van der Waals surface area contributed by atoms with E-state index >= 15 is 0 Å². The molecular formula is C75H133NO3. The Balaban J connectivity index is 3.53. The Hall–Kier alpha value is -2.95. The molecule has 2 atom stereocenters. The number of nitrogens with one attached hydrogen (secondary N) is 1. The molecule has 0 saturated carbocycles.